The van der Waals surface area contributed by atoms with Crippen molar-refractivity contribution in [2.75, 3.05) is 41.5 Å². The number of aromatic amines is 1. The molecule has 1 N–H and O–H groups in total. The molecule has 1 heterocycles. The van der Waals surface area contributed by atoms with E-state index in [1.165, 1.54) is 0 Å². The molecule has 0 spiro atoms. The van der Waals surface area contributed by atoms with Gasteiger partial charge < -0.3 is 33.4 Å². The molecule has 3 aromatic rings. The van der Waals surface area contributed by atoms with Gasteiger partial charge in [-0.25, -0.2) is 0 Å². The lowest BCUT2D eigenvalue weighted by Gasteiger charge is -2.14. The molecule has 0 atom stereocenters. The highest BCUT2D eigenvalue weighted by molar-refractivity contribution is 6.13. The molecule has 0 unspecified atom stereocenters. The number of methoxy groups -OCH3 is 3. The van der Waals surface area contributed by atoms with Crippen molar-refractivity contribution in [3.8, 4) is 17.2 Å². The molecule has 7 nitrogen and oxygen atoms in total. The number of hydrogen-bond donors (Lipinski definition) is 1. The van der Waals surface area contributed by atoms with Crippen molar-refractivity contribution < 1.29 is 28.4 Å². The Morgan fingerprint density at radius 2 is 1.71 bits per heavy atom. The zero-order valence-corrected chi connectivity index (χ0v) is 17.0. The molecule has 0 aliphatic rings. The van der Waals surface area contributed by atoms with Crippen molar-refractivity contribution in [1.29, 1.82) is 0 Å². The van der Waals surface area contributed by atoms with E-state index in [0.29, 0.717) is 19.0 Å². The van der Waals surface area contributed by atoms with Crippen LogP contribution in [0.5, 0.6) is 17.2 Å². The highest BCUT2D eigenvalue weighted by Gasteiger charge is 2.20. The minimum atomic E-state index is 0.141. The van der Waals surface area contributed by atoms with Crippen molar-refractivity contribution in [2.24, 2.45) is 0 Å². The van der Waals surface area contributed by atoms with E-state index in [4.69, 9.17) is 28.4 Å². The van der Waals surface area contributed by atoms with Gasteiger partial charge in [-0.15, -0.1) is 0 Å². The van der Waals surface area contributed by atoms with Crippen LogP contribution in [-0.4, -0.2) is 46.5 Å². The molecule has 28 heavy (non-hydrogen) atoms. The number of hydrogen-bond acceptors (Lipinski definition) is 6. The third kappa shape index (κ3) is 3.73. The maximum absolute atomic E-state index is 5.90. The molecule has 0 bridgehead atoms. The normalized spacial score (nSPS) is 11.3. The molecule has 0 fully saturated rings. The van der Waals surface area contributed by atoms with E-state index >= 15 is 0 Å². The summed E-state index contributed by atoms with van der Waals surface area (Å²) in [6.07, 6.45) is 0. The second kappa shape index (κ2) is 9.14. The Kier molecular flexibility index (Phi) is 6.61. The Labute approximate surface area is 164 Å². The average molecular weight is 389 g/mol. The Balaban J connectivity index is 2.29. The average Bonchev–Trinajstić information content (AvgIpc) is 3.08. The van der Waals surface area contributed by atoms with E-state index in [9.17, 15) is 0 Å². The summed E-state index contributed by atoms with van der Waals surface area (Å²) in [4.78, 5) is 3.47. The standard InChI is InChI=1S/C21H27NO6/c1-6-27-17-9-15-18-14(10-26-11-23-3)7-8-16(25-5)20(18)22-19(15)21(13(17)2)28-12-24-4/h7-9,22H,6,10-12H2,1-5H3. The summed E-state index contributed by atoms with van der Waals surface area (Å²) in [7, 11) is 4.85. The van der Waals surface area contributed by atoms with Crippen molar-refractivity contribution >= 4 is 21.8 Å². The Morgan fingerprint density at radius 3 is 2.39 bits per heavy atom. The number of fused-ring (bicyclic) bond motifs is 3. The summed E-state index contributed by atoms with van der Waals surface area (Å²) in [6, 6.07) is 5.96. The summed E-state index contributed by atoms with van der Waals surface area (Å²) >= 11 is 0. The second-order valence-electron chi connectivity index (χ2n) is 6.29. The van der Waals surface area contributed by atoms with Crippen molar-refractivity contribution in [3.05, 3.63) is 29.3 Å². The van der Waals surface area contributed by atoms with Crippen LogP contribution < -0.4 is 14.2 Å². The van der Waals surface area contributed by atoms with Gasteiger partial charge in [0.15, 0.2) is 12.5 Å². The molecular formula is C21H27NO6. The lowest BCUT2D eigenvalue weighted by Crippen LogP contribution is -2.03. The molecule has 152 valence electrons. The van der Waals surface area contributed by atoms with Gasteiger partial charge in [-0.05, 0) is 31.5 Å². The molecule has 0 radical (unpaired) electrons. The van der Waals surface area contributed by atoms with E-state index in [1.54, 1.807) is 21.3 Å². The van der Waals surface area contributed by atoms with Gasteiger partial charge in [0.2, 0.25) is 0 Å². The molecule has 0 amide bonds. The molecule has 0 saturated heterocycles. The molecule has 0 aliphatic carbocycles. The van der Waals surface area contributed by atoms with Gasteiger partial charge in [0, 0.05) is 30.6 Å². The molecule has 0 saturated carbocycles. The van der Waals surface area contributed by atoms with Gasteiger partial charge in [0.05, 0.1) is 31.4 Å². The Bertz CT molecular complexity index is 949. The number of H-pyrrole nitrogens is 1. The van der Waals surface area contributed by atoms with E-state index in [1.807, 2.05) is 32.0 Å². The van der Waals surface area contributed by atoms with Crippen molar-refractivity contribution in [1.82, 2.24) is 4.98 Å². The molecule has 0 aliphatic heterocycles. The number of nitrogens with one attached hydrogen (secondary N) is 1. The summed E-state index contributed by atoms with van der Waals surface area (Å²) in [5.74, 6) is 2.22. The van der Waals surface area contributed by atoms with Crippen LogP contribution >= 0.6 is 0 Å². The summed E-state index contributed by atoms with van der Waals surface area (Å²) in [5.41, 5.74) is 3.68. The molecular weight excluding hydrogens is 362 g/mol. The molecule has 2 aromatic carbocycles. The fourth-order valence-electron chi connectivity index (χ4n) is 3.37. The fraction of sp³-hybridized carbons (Fsp3) is 0.429. The predicted molar refractivity (Wildman–Crippen MR) is 107 cm³/mol. The SMILES string of the molecule is CCOc1cc2c([nH]c3c(OC)ccc(COCOC)c32)c(OCOC)c1C. The zero-order chi connectivity index (χ0) is 20.1. The molecule has 7 heteroatoms. The molecule has 3 rings (SSSR count). The van der Waals surface area contributed by atoms with E-state index in [2.05, 4.69) is 4.98 Å². The van der Waals surface area contributed by atoms with Gasteiger partial charge in [-0.3, -0.25) is 0 Å². The third-order valence-corrected chi connectivity index (χ3v) is 4.55. The third-order valence-electron chi connectivity index (χ3n) is 4.55. The van der Waals surface area contributed by atoms with Gasteiger partial charge in [-0.2, -0.15) is 0 Å². The van der Waals surface area contributed by atoms with Crippen LogP contribution in [-0.2, 0) is 20.8 Å². The first-order chi connectivity index (χ1) is 13.7. The first kappa shape index (κ1) is 20.3. The second-order valence-corrected chi connectivity index (χ2v) is 6.29. The number of ether oxygens (including phenoxy) is 6. The Morgan fingerprint density at radius 1 is 0.929 bits per heavy atom. The summed E-state index contributed by atoms with van der Waals surface area (Å²) in [5, 5.41) is 1.98. The van der Waals surface area contributed by atoms with Gasteiger partial charge >= 0.3 is 0 Å². The highest BCUT2D eigenvalue weighted by atomic mass is 16.7. The first-order valence-electron chi connectivity index (χ1n) is 9.12. The largest absolute Gasteiger partial charge is 0.495 e. The maximum atomic E-state index is 5.90. The number of aromatic nitrogens is 1. The number of rotatable bonds is 10. The monoisotopic (exact) mass is 389 g/mol. The van der Waals surface area contributed by atoms with Gasteiger partial charge in [0.25, 0.3) is 0 Å². The fourth-order valence-corrected chi connectivity index (χ4v) is 3.37. The minimum Gasteiger partial charge on any atom is -0.495 e. The summed E-state index contributed by atoms with van der Waals surface area (Å²) in [6.45, 7) is 5.27. The van der Waals surface area contributed by atoms with Crippen LogP contribution in [0, 0.1) is 6.92 Å². The van der Waals surface area contributed by atoms with Crippen LogP contribution in [0.25, 0.3) is 21.8 Å². The lowest BCUT2D eigenvalue weighted by atomic mass is 10.0. The van der Waals surface area contributed by atoms with E-state index in [0.717, 1.165) is 44.4 Å². The van der Waals surface area contributed by atoms with E-state index in [-0.39, 0.29) is 13.6 Å². The van der Waals surface area contributed by atoms with Crippen LogP contribution in [0.3, 0.4) is 0 Å². The van der Waals surface area contributed by atoms with Gasteiger partial charge in [0.1, 0.15) is 18.3 Å². The van der Waals surface area contributed by atoms with Crippen molar-refractivity contribution in [2.45, 2.75) is 20.5 Å². The maximum Gasteiger partial charge on any atom is 0.188 e. The van der Waals surface area contributed by atoms with Crippen LogP contribution in [0.4, 0.5) is 0 Å². The minimum absolute atomic E-state index is 0.141. The summed E-state index contributed by atoms with van der Waals surface area (Å²) < 4.78 is 33.1. The van der Waals surface area contributed by atoms with Crippen LogP contribution in [0.1, 0.15) is 18.1 Å². The van der Waals surface area contributed by atoms with Crippen molar-refractivity contribution in [3.63, 3.8) is 0 Å². The zero-order valence-electron chi connectivity index (χ0n) is 17.0. The number of benzene rings is 2. The topological polar surface area (TPSA) is 71.2 Å². The lowest BCUT2D eigenvalue weighted by molar-refractivity contribution is -0.0387. The molecule has 1 aromatic heterocycles. The van der Waals surface area contributed by atoms with Gasteiger partial charge in [-0.1, -0.05) is 6.07 Å². The highest BCUT2D eigenvalue weighted by Crippen LogP contribution is 2.43. The van der Waals surface area contributed by atoms with E-state index < -0.39 is 0 Å². The van der Waals surface area contributed by atoms with Crippen LogP contribution in [0.2, 0.25) is 0 Å². The predicted octanol–water partition coefficient (Wildman–Crippen LogP) is 4.14. The quantitative estimate of drug-likeness (QED) is 0.415. The van der Waals surface area contributed by atoms with Crippen LogP contribution in [0.15, 0.2) is 18.2 Å². The Hall–Kier alpha value is -2.48. The first-order valence-corrected chi connectivity index (χ1v) is 9.12. The smallest absolute Gasteiger partial charge is 0.188 e.